The van der Waals surface area contributed by atoms with E-state index in [1.54, 1.807) is 0 Å². The summed E-state index contributed by atoms with van der Waals surface area (Å²) < 4.78 is 0. The molecular formula is C147H102. The monoisotopic (exact) mass is 1870 g/mol. The second-order valence-corrected chi connectivity index (χ2v) is 42.2. The SMILES string of the molecule is CC1(C)c2ccc(-c3cccc(-c4c5ccccc5c(-c5ccc6c(ccc7ccccc76)c5)c5ccccc45)c3)cc2-c2ccc3ccccc3c21.CC1(C)c2ccc(-c3cccc(-c4c5ccccc5c(-c5ccc6ccccc6c5)c5ccccc45)c3)cc2-c2ccc3ccccc3c21.CC1(C)c2ccc(-c3cccc(-c4c5ccccc5c(-c5ccccc5)c5ccccc45)c3)cc2-c2ccc3ccccc3c21. The number of benzene rings is 27. The average molecular weight is 1870 g/mol. The van der Waals surface area contributed by atoms with Crippen LogP contribution >= 0.6 is 0 Å². The molecular weight excluding hydrogens is 1770 g/mol. The van der Waals surface area contributed by atoms with Gasteiger partial charge in [-0.25, -0.2) is 0 Å². The molecule has 0 radical (unpaired) electrons. The number of hydrogen-bond acceptors (Lipinski definition) is 0. The first kappa shape index (κ1) is 86.9. The van der Waals surface area contributed by atoms with Crippen LogP contribution in [0.3, 0.4) is 0 Å². The maximum Gasteiger partial charge on any atom is 0.0165 e. The highest BCUT2D eigenvalue weighted by atomic mass is 14.4. The first-order valence-electron chi connectivity index (χ1n) is 51.8. The van der Waals surface area contributed by atoms with Gasteiger partial charge < -0.3 is 0 Å². The third kappa shape index (κ3) is 13.9. The van der Waals surface area contributed by atoms with E-state index in [0.29, 0.717) is 0 Å². The van der Waals surface area contributed by atoms with Crippen LogP contribution in [0.5, 0.6) is 0 Å². The molecule has 0 unspecified atom stereocenters. The van der Waals surface area contributed by atoms with Gasteiger partial charge in [0.05, 0.1) is 0 Å². The second-order valence-electron chi connectivity index (χ2n) is 42.2. The van der Waals surface area contributed by atoms with E-state index in [9.17, 15) is 0 Å². The van der Waals surface area contributed by atoms with Crippen molar-refractivity contribution >= 4 is 129 Å². The first-order chi connectivity index (χ1) is 72.2. The maximum atomic E-state index is 2.43. The lowest BCUT2D eigenvalue weighted by atomic mass is 9.80. The molecule has 0 spiro atoms. The summed E-state index contributed by atoms with van der Waals surface area (Å²) in [4.78, 5) is 0. The van der Waals surface area contributed by atoms with Crippen LogP contribution in [0.2, 0.25) is 0 Å². The Morgan fingerprint density at radius 3 is 0.646 bits per heavy atom. The molecule has 0 N–H and O–H groups in total. The van der Waals surface area contributed by atoms with Crippen molar-refractivity contribution in [1.82, 2.24) is 0 Å². The Labute approximate surface area is 857 Å². The number of fused-ring (bicyclic) bond motifs is 25. The molecule has 0 saturated carbocycles. The van der Waals surface area contributed by atoms with Gasteiger partial charge in [0.1, 0.15) is 0 Å². The van der Waals surface area contributed by atoms with E-state index in [2.05, 4.69) is 551 Å². The molecule has 27 aromatic carbocycles. The molecule has 0 amide bonds. The molecule has 0 aromatic heterocycles. The Bertz CT molecular complexity index is 10000. The lowest BCUT2D eigenvalue weighted by Gasteiger charge is -2.23. The van der Waals surface area contributed by atoms with Crippen molar-refractivity contribution in [3.8, 4) is 134 Å². The first-order valence-corrected chi connectivity index (χ1v) is 51.8. The highest BCUT2D eigenvalue weighted by Gasteiger charge is 2.41. The molecule has 0 heterocycles. The summed E-state index contributed by atoms with van der Waals surface area (Å²) in [5.41, 5.74) is 39.2. The molecule has 0 saturated heterocycles. The van der Waals surface area contributed by atoms with Crippen LogP contribution < -0.4 is 0 Å². The van der Waals surface area contributed by atoms with Crippen LogP contribution in [-0.4, -0.2) is 0 Å². The van der Waals surface area contributed by atoms with Crippen LogP contribution in [0, 0.1) is 0 Å². The van der Waals surface area contributed by atoms with E-state index < -0.39 is 0 Å². The largest absolute Gasteiger partial charge is 0.0622 e. The maximum absolute atomic E-state index is 2.43. The molecule has 27 aromatic rings. The fraction of sp³-hybridized carbons (Fsp3) is 0.0612. The zero-order valence-electron chi connectivity index (χ0n) is 83.0. The van der Waals surface area contributed by atoms with Crippen molar-refractivity contribution < 1.29 is 0 Å². The Balaban J connectivity index is 0.000000107. The van der Waals surface area contributed by atoms with Crippen molar-refractivity contribution in [2.45, 2.75) is 57.8 Å². The standard InChI is InChI=1S/C53H36.C49H34.C45H32/c1-53(2)49-29-26-36(32-48(49)47-28-24-34-13-4-6-17-42(34)52(47)53)35-14-11-15-38(30-35)50-43-18-7-9-20-45(43)51(46-21-10-8-19-44(46)50)39-25-27-41-37(31-39)23-22-33-12-3-5-16-40(33)41;1-49(2)45-27-25-35(30-44(45)43-26-24-32-13-5-6-17-38(32)48(43)49)34-15-11-16-36(29-34)46-39-18-7-9-20-41(39)47(42-21-10-8-19-40(42)46)37-23-22-31-12-3-4-14-33(31)28-37;1-45(2)41-26-24-32(28-40(41)39-25-23-29-13-6-7-18-34(29)44(39)45)31-16-12-17-33(27-31)43-37-21-10-8-19-35(37)42(30-14-4-3-5-15-30)36-20-9-11-22-38(36)43/h3-32H,1-2H3;3-30H,1-2H3;3-28H,1-2H3. The van der Waals surface area contributed by atoms with Crippen molar-refractivity contribution in [1.29, 1.82) is 0 Å². The highest BCUT2D eigenvalue weighted by molar-refractivity contribution is 6.26. The van der Waals surface area contributed by atoms with Crippen molar-refractivity contribution in [2.24, 2.45) is 0 Å². The lowest BCUT2D eigenvalue weighted by molar-refractivity contribution is 0.666. The van der Waals surface area contributed by atoms with Gasteiger partial charge >= 0.3 is 0 Å². The Kier molecular flexibility index (Phi) is 20.2. The van der Waals surface area contributed by atoms with E-state index >= 15 is 0 Å². The van der Waals surface area contributed by atoms with Crippen molar-refractivity contribution in [3.05, 3.63) is 543 Å². The molecule has 690 valence electrons. The van der Waals surface area contributed by atoms with Crippen LogP contribution in [0.25, 0.3) is 263 Å². The Hall–Kier alpha value is -17.9. The van der Waals surface area contributed by atoms with Crippen LogP contribution in [0.1, 0.15) is 74.9 Å². The molecule has 3 aliphatic carbocycles. The molecule has 147 heavy (non-hydrogen) atoms. The zero-order chi connectivity index (χ0) is 98.1. The number of hydrogen-bond donors (Lipinski definition) is 0. The van der Waals surface area contributed by atoms with Crippen LogP contribution in [0.15, 0.2) is 510 Å². The highest BCUT2D eigenvalue weighted by Crippen LogP contribution is 2.58. The molecule has 0 bridgehead atoms. The summed E-state index contributed by atoms with van der Waals surface area (Å²) in [7, 11) is 0. The molecule has 0 aliphatic heterocycles. The van der Waals surface area contributed by atoms with E-state index in [4.69, 9.17) is 0 Å². The molecule has 30 rings (SSSR count). The van der Waals surface area contributed by atoms with Gasteiger partial charge in [0.25, 0.3) is 0 Å². The van der Waals surface area contributed by atoms with E-state index in [-0.39, 0.29) is 16.2 Å². The topological polar surface area (TPSA) is 0 Å². The Morgan fingerprint density at radius 1 is 0.109 bits per heavy atom. The van der Waals surface area contributed by atoms with E-state index in [0.717, 1.165) is 0 Å². The minimum atomic E-state index is -0.0652. The van der Waals surface area contributed by atoms with E-state index in [1.807, 2.05) is 0 Å². The molecule has 0 atom stereocenters. The van der Waals surface area contributed by atoms with Gasteiger partial charge in [-0.2, -0.15) is 0 Å². The lowest BCUT2D eigenvalue weighted by Crippen LogP contribution is -2.15. The predicted molar refractivity (Wildman–Crippen MR) is 631 cm³/mol. The van der Waals surface area contributed by atoms with Crippen molar-refractivity contribution in [2.75, 3.05) is 0 Å². The van der Waals surface area contributed by atoms with Gasteiger partial charge in [-0.05, 0) is 345 Å². The molecule has 0 nitrogen and oxygen atoms in total. The third-order valence-corrected chi connectivity index (χ3v) is 33.0. The summed E-state index contributed by atoms with van der Waals surface area (Å²) >= 11 is 0. The molecule has 3 aliphatic rings. The van der Waals surface area contributed by atoms with E-state index in [1.165, 1.54) is 296 Å². The normalized spacial score (nSPS) is 13.3. The van der Waals surface area contributed by atoms with Gasteiger partial charge in [-0.3, -0.25) is 0 Å². The molecule has 0 heteroatoms. The summed E-state index contributed by atoms with van der Waals surface area (Å²) in [6.07, 6.45) is 0. The van der Waals surface area contributed by atoms with Gasteiger partial charge in [0.2, 0.25) is 0 Å². The third-order valence-electron chi connectivity index (χ3n) is 33.0. The van der Waals surface area contributed by atoms with Crippen molar-refractivity contribution in [3.63, 3.8) is 0 Å². The second kappa shape index (κ2) is 34.1. The Morgan fingerprint density at radius 2 is 0.313 bits per heavy atom. The fourth-order valence-corrected chi connectivity index (χ4v) is 26.3. The van der Waals surface area contributed by atoms with Gasteiger partial charge in [0, 0.05) is 16.2 Å². The summed E-state index contributed by atoms with van der Waals surface area (Å²) in [5, 5.41) is 31.0. The minimum Gasteiger partial charge on any atom is -0.0622 e. The predicted octanol–water partition coefficient (Wildman–Crippen LogP) is 40.8. The van der Waals surface area contributed by atoms with Crippen LogP contribution in [0.4, 0.5) is 0 Å². The summed E-state index contributed by atoms with van der Waals surface area (Å²) in [5.74, 6) is 0. The quantitative estimate of drug-likeness (QED) is 0.0998. The van der Waals surface area contributed by atoms with Gasteiger partial charge in [0.15, 0.2) is 0 Å². The fourth-order valence-electron chi connectivity index (χ4n) is 26.3. The molecule has 0 fully saturated rings. The minimum absolute atomic E-state index is 0.0514. The van der Waals surface area contributed by atoms with Gasteiger partial charge in [-0.15, -0.1) is 0 Å². The van der Waals surface area contributed by atoms with Gasteiger partial charge in [-0.1, -0.05) is 503 Å². The zero-order valence-corrected chi connectivity index (χ0v) is 83.0. The summed E-state index contributed by atoms with van der Waals surface area (Å²) in [6.45, 7) is 14.3. The average Bonchev–Trinajstić information content (AvgIpc) is 1.59. The van der Waals surface area contributed by atoms with Crippen LogP contribution in [-0.2, 0) is 16.2 Å². The number of rotatable bonds is 9. The summed E-state index contributed by atoms with van der Waals surface area (Å²) in [6, 6.07) is 189. The smallest absolute Gasteiger partial charge is 0.0165 e.